The molecule has 0 radical (unpaired) electrons. The fraction of sp³-hybridized carbons (Fsp3) is 0.545. The molecule has 0 amide bonds. The van der Waals surface area contributed by atoms with E-state index in [-0.39, 0.29) is 11.6 Å². The monoisotopic (exact) mass is 394 g/mol. The van der Waals surface area contributed by atoms with E-state index in [0.29, 0.717) is 11.6 Å². The van der Waals surface area contributed by atoms with Gasteiger partial charge in [0.15, 0.2) is 5.82 Å². The Kier molecular flexibility index (Phi) is 5.76. The second-order valence-corrected chi connectivity index (χ2v) is 8.04. The number of rotatable bonds is 6. The maximum absolute atomic E-state index is 13.1. The summed E-state index contributed by atoms with van der Waals surface area (Å²) in [5, 5.41) is 13.9. The molecule has 3 aromatic rings. The predicted octanol–water partition coefficient (Wildman–Crippen LogP) is 3.76. The second-order valence-electron chi connectivity index (χ2n) is 8.04. The van der Waals surface area contributed by atoms with Crippen molar-refractivity contribution in [1.29, 1.82) is 0 Å². The Morgan fingerprint density at radius 2 is 1.93 bits per heavy atom. The molecule has 2 heterocycles. The Morgan fingerprint density at radius 1 is 1.17 bits per heavy atom. The summed E-state index contributed by atoms with van der Waals surface area (Å²) >= 11 is 0. The molecule has 29 heavy (non-hydrogen) atoms. The normalized spacial score (nSPS) is 16.6. The van der Waals surface area contributed by atoms with Crippen molar-refractivity contribution in [3.63, 3.8) is 0 Å². The summed E-state index contributed by atoms with van der Waals surface area (Å²) in [6.45, 7) is 7.92. The van der Waals surface area contributed by atoms with Gasteiger partial charge in [-0.3, -0.25) is 9.69 Å². The van der Waals surface area contributed by atoms with Gasteiger partial charge in [0.25, 0.3) is 5.56 Å². The van der Waals surface area contributed by atoms with Gasteiger partial charge in [-0.15, -0.1) is 5.10 Å². The van der Waals surface area contributed by atoms with Crippen LogP contribution in [0, 0.1) is 6.92 Å². The van der Waals surface area contributed by atoms with Crippen LogP contribution in [0.15, 0.2) is 29.1 Å². The van der Waals surface area contributed by atoms with E-state index < -0.39 is 0 Å². The lowest BCUT2D eigenvalue weighted by molar-refractivity contribution is 0.222. The summed E-state index contributed by atoms with van der Waals surface area (Å²) in [5.74, 6) is 0.776. The van der Waals surface area contributed by atoms with Crippen molar-refractivity contribution >= 4 is 10.9 Å². The van der Waals surface area contributed by atoms with E-state index in [1.165, 1.54) is 24.8 Å². The van der Waals surface area contributed by atoms with Gasteiger partial charge < -0.3 is 4.98 Å². The average molecular weight is 395 g/mol. The van der Waals surface area contributed by atoms with E-state index in [4.69, 9.17) is 0 Å². The number of fused-ring (bicyclic) bond motifs is 1. The number of hydrogen-bond donors (Lipinski definition) is 1. The molecule has 1 unspecified atom stereocenters. The molecule has 0 saturated heterocycles. The molecule has 0 aliphatic heterocycles. The molecule has 1 atom stereocenters. The number of tetrazole rings is 1. The number of hydrogen-bond acceptors (Lipinski definition) is 5. The molecule has 1 saturated carbocycles. The van der Waals surface area contributed by atoms with Gasteiger partial charge in [0, 0.05) is 11.1 Å². The van der Waals surface area contributed by atoms with Crippen LogP contribution in [0.25, 0.3) is 10.9 Å². The molecule has 1 aliphatic rings. The fourth-order valence-electron chi connectivity index (χ4n) is 4.60. The van der Waals surface area contributed by atoms with E-state index in [1.54, 1.807) is 0 Å². The predicted molar refractivity (Wildman–Crippen MR) is 114 cm³/mol. The van der Waals surface area contributed by atoms with Gasteiger partial charge in [-0.25, -0.2) is 4.68 Å². The van der Waals surface area contributed by atoms with Crippen LogP contribution in [0.4, 0.5) is 0 Å². The highest BCUT2D eigenvalue weighted by Crippen LogP contribution is 2.32. The van der Waals surface area contributed by atoms with Crippen LogP contribution in [0.5, 0.6) is 0 Å². The van der Waals surface area contributed by atoms with Crippen molar-refractivity contribution in [2.45, 2.75) is 65.0 Å². The van der Waals surface area contributed by atoms with Gasteiger partial charge in [-0.2, -0.15) is 0 Å². The first-order valence-corrected chi connectivity index (χ1v) is 10.8. The molecule has 7 heteroatoms. The topological polar surface area (TPSA) is 79.7 Å². The number of aromatic amines is 1. The van der Waals surface area contributed by atoms with Crippen molar-refractivity contribution < 1.29 is 0 Å². The van der Waals surface area contributed by atoms with E-state index in [0.717, 1.165) is 42.7 Å². The van der Waals surface area contributed by atoms with Gasteiger partial charge in [0.05, 0.1) is 6.04 Å². The first kappa shape index (κ1) is 19.8. The first-order valence-electron chi connectivity index (χ1n) is 10.8. The van der Waals surface area contributed by atoms with E-state index >= 15 is 0 Å². The lowest BCUT2D eigenvalue weighted by Gasteiger charge is -2.31. The van der Waals surface area contributed by atoms with E-state index in [2.05, 4.69) is 52.2 Å². The molecule has 0 spiro atoms. The standard InChI is InChI=1S/C22H30N6O/c1-4-27(5-2)20(21-24-25-26-28(21)17-9-7-6-8-10-17)18-14-16-13-15(3)11-12-19(16)23-22(18)29/h11-14,17,20H,4-10H2,1-3H3,(H,23,29). The number of aromatic nitrogens is 5. The van der Waals surface area contributed by atoms with Crippen LogP contribution in [0.1, 0.15) is 75.0 Å². The minimum Gasteiger partial charge on any atom is -0.322 e. The smallest absolute Gasteiger partial charge is 0.253 e. The van der Waals surface area contributed by atoms with Crippen LogP contribution in [0.3, 0.4) is 0 Å². The van der Waals surface area contributed by atoms with Crippen LogP contribution >= 0.6 is 0 Å². The molecule has 154 valence electrons. The molecular formula is C22H30N6O. The number of pyridine rings is 1. The van der Waals surface area contributed by atoms with E-state index in [9.17, 15) is 4.79 Å². The maximum Gasteiger partial charge on any atom is 0.253 e. The van der Waals surface area contributed by atoms with Crippen molar-refractivity contribution in [3.05, 3.63) is 51.6 Å². The number of aryl methyl sites for hydroxylation is 1. The second kappa shape index (κ2) is 8.45. The molecular weight excluding hydrogens is 364 g/mol. The Bertz CT molecular complexity index is 1030. The van der Waals surface area contributed by atoms with Gasteiger partial charge in [0.2, 0.25) is 0 Å². The van der Waals surface area contributed by atoms with Gasteiger partial charge in [0.1, 0.15) is 6.04 Å². The zero-order chi connectivity index (χ0) is 20.4. The quantitative estimate of drug-likeness (QED) is 0.689. The van der Waals surface area contributed by atoms with Crippen molar-refractivity contribution in [3.8, 4) is 0 Å². The zero-order valence-corrected chi connectivity index (χ0v) is 17.6. The molecule has 7 nitrogen and oxygen atoms in total. The number of benzene rings is 1. The van der Waals surface area contributed by atoms with Crippen LogP contribution < -0.4 is 5.56 Å². The Labute approximate surface area is 171 Å². The Morgan fingerprint density at radius 3 is 2.66 bits per heavy atom. The zero-order valence-electron chi connectivity index (χ0n) is 17.6. The SMILES string of the molecule is CCN(CC)C(c1cc2cc(C)ccc2[nH]c1=O)c1nnnn1C1CCCCC1. The minimum absolute atomic E-state index is 0.0727. The largest absolute Gasteiger partial charge is 0.322 e. The van der Waals surface area contributed by atoms with Gasteiger partial charge >= 0.3 is 0 Å². The van der Waals surface area contributed by atoms with Crippen LogP contribution in [-0.4, -0.2) is 43.2 Å². The summed E-state index contributed by atoms with van der Waals surface area (Å²) in [6.07, 6.45) is 5.87. The third-order valence-electron chi connectivity index (χ3n) is 6.18. The molecule has 0 bridgehead atoms. The number of H-pyrrole nitrogens is 1. The number of nitrogens with one attached hydrogen (secondary N) is 1. The molecule has 2 aromatic heterocycles. The highest BCUT2D eigenvalue weighted by molar-refractivity contribution is 5.79. The molecule has 1 aromatic carbocycles. The Balaban J connectivity index is 1.86. The van der Waals surface area contributed by atoms with Crippen LogP contribution in [0.2, 0.25) is 0 Å². The third-order valence-corrected chi connectivity index (χ3v) is 6.18. The summed E-state index contributed by atoms with van der Waals surface area (Å²) < 4.78 is 1.99. The van der Waals surface area contributed by atoms with Crippen molar-refractivity contribution in [1.82, 2.24) is 30.1 Å². The molecule has 1 aliphatic carbocycles. The molecule has 1 N–H and O–H groups in total. The van der Waals surface area contributed by atoms with E-state index in [1.807, 2.05) is 22.9 Å². The lowest BCUT2D eigenvalue weighted by atomic mass is 9.95. The molecule has 1 fully saturated rings. The summed E-state index contributed by atoms with van der Waals surface area (Å²) in [7, 11) is 0. The molecule has 4 rings (SSSR count). The van der Waals surface area contributed by atoms with Crippen molar-refractivity contribution in [2.75, 3.05) is 13.1 Å². The Hall–Kier alpha value is -2.54. The summed E-state index contributed by atoms with van der Waals surface area (Å²) in [6, 6.07) is 8.16. The lowest BCUT2D eigenvalue weighted by Crippen LogP contribution is -2.35. The summed E-state index contributed by atoms with van der Waals surface area (Å²) in [4.78, 5) is 18.4. The van der Waals surface area contributed by atoms with Crippen LogP contribution in [-0.2, 0) is 0 Å². The average Bonchev–Trinajstić information content (AvgIpc) is 3.22. The van der Waals surface area contributed by atoms with Gasteiger partial charge in [-0.05, 0) is 66.9 Å². The highest BCUT2D eigenvalue weighted by atomic mass is 16.1. The minimum atomic E-state index is -0.268. The third kappa shape index (κ3) is 3.83. The first-order chi connectivity index (χ1) is 14.1. The highest BCUT2D eigenvalue weighted by Gasteiger charge is 2.31. The van der Waals surface area contributed by atoms with Gasteiger partial charge in [-0.1, -0.05) is 44.7 Å². The summed E-state index contributed by atoms with van der Waals surface area (Å²) in [5.41, 5.74) is 2.66. The fourth-order valence-corrected chi connectivity index (χ4v) is 4.60. The maximum atomic E-state index is 13.1. The number of nitrogens with zero attached hydrogens (tertiary/aromatic N) is 5. The van der Waals surface area contributed by atoms with Crippen molar-refractivity contribution in [2.24, 2.45) is 0 Å².